The molecule has 28 heavy (non-hydrogen) atoms. The average Bonchev–Trinajstić information content (AvgIpc) is 2.69. The zero-order valence-electron chi connectivity index (χ0n) is 15.9. The summed E-state index contributed by atoms with van der Waals surface area (Å²) < 4.78 is 28.9. The molecule has 7 heteroatoms. The molecule has 0 radical (unpaired) electrons. The first-order chi connectivity index (χ1) is 13.4. The van der Waals surface area contributed by atoms with Crippen molar-refractivity contribution in [3.63, 3.8) is 0 Å². The van der Waals surface area contributed by atoms with Crippen LogP contribution >= 0.6 is 0 Å². The summed E-state index contributed by atoms with van der Waals surface area (Å²) in [6.45, 7) is 1.77. The molecule has 0 aliphatic heterocycles. The molecule has 3 N–H and O–H groups in total. The summed E-state index contributed by atoms with van der Waals surface area (Å²) in [5.41, 5.74) is 1.23. The topological polar surface area (TPSA) is 95.5 Å². The van der Waals surface area contributed by atoms with Gasteiger partial charge in [0.2, 0.25) is 10.0 Å². The Morgan fingerprint density at radius 1 is 1.07 bits per heavy atom. The van der Waals surface area contributed by atoms with E-state index in [4.69, 9.17) is 0 Å². The lowest BCUT2D eigenvalue weighted by molar-refractivity contribution is 0.0696. The minimum atomic E-state index is -3.92. The van der Waals surface area contributed by atoms with Gasteiger partial charge in [-0.1, -0.05) is 49.6 Å². The molecule has 3 rings (SSSR count). The van der Waals surface area contributed by atoms with Gasteiger partial charge in [-0.2, -0.15) is 0 Å². The van der Waals surface area contributed by atoms with Crippen LogP contribution in [-0.4, -0.2) is 25.5 Å². The average molecular weight is 403 g/mol. The maximum Gasteiger partial charge on any atom is 0.335 e. The van der Waals surface area contributed by atoms with E-state index >= 15 is 0 Å². The van der Waals surface area contributed by atoms with E-state index in [9.17, 15) is 18.3 Å². The van der Waals surface area contributed by atoms with Gasteiger partial charge in [0.05, 0.1) is 11.3 Å². The second kappa shape index (κ2) is 8.75. The summed E-state index contributed by atoms with van der Waals surface area (Å²) in [6.07, 6.45) is 5.37. The summed E-state index contributed by atoms with van der Waals surface area (Å²) in [5, 5.41) is 12.6. The van der Waals surface area contributed by atoms with Gasteiger partial charge in [-0.25, -0.2) is 17.9 Å². The SMILES string of the molecule is C[C@H](NS(=O)(=O)c1cc(C(=O)O)ccc1NC1CCCCC1)c1ccccc1. The molecule has 6 nitrogen and oxygen atoms in total. The standard InChI is InChI=1S/C21H26N2O4S/c1-15(16-8-4-2-5-9-16)23-28(26,27)20-14-17(21(24)25)12-13-19(20)22-18-10-6-3-7-11-18/h2,4-5,8-9,12-15,18,22-23H,3,6-7,10-11H2,1H3,(H,24,25)/t15-/m0/s1. The van der Waals surface area contributed by atoms with Crippen molar-refractivity contribution in [3.05, 3.63) is 59.7 Å². The molecular weight excluding hydrogens is 376 g/mol. The third-order valence-electron chi connectivity index (χ3n) is 5.11. The monoisotopic (exact) mass is 402 g/mol. The molecule has 2 aromatic carbocycles. The molecular formula is C21H26N2O4S. The minimum Gasteiger partial charge on any atom is -0.478 e. The molecule has 1 fully saturated rings. The van der Waals surface area contributed by atoms with E-state index in [-0.39, 0.29) is 16.5 Å². The van der Waals surface area contributed by atoms with Crippen LogP contribution in [0.5, 0.6) is 0 Å². The van der Waals surface area contributed by atoms with Gasteiger partial charge in [-0.3, -0.25) is 0 Å². The van der Waals surface area contributed by atoms with Crippen LogP contribution in [0.3, 0.4) is 0 Å². The largest absolute Gasteiger partial charge is 0.478 e. The number of anilines is 1. The van der Waals surface area contributed by atoms with E-state index in [0.717, 1.165) is 31.2 Å². The first-order valence-electron chi connectivity index (χ1n) is 9.58. The molecule has 0 spiro atoms. The molecule has 1 aliphatic carbocycles. The molecule has 2 aromatic rings. The highest BCUT2D eigenvalue weighted by Crippen LogP contribution is 2.28. The maximum atomic E-state index is 13.1. The summed E-state index contributed by atoms with van der Waals surface area (Å²) in [5.74, 6) is -1.16. The molecule has 1 saturated carbocycles. The molecule has 0 bridgehead atoms. The molecule has 1 aliphatic rings. The lowest BCUT2D eigenvalue weighted by Gasteiger charge is -2.25. The van der Waals surface area contributed by atoms with Gasteiger partial charge in [-0.05, 0) is 43.5 Å². The number of aromatic carboxylic acids is 1. The van der Waals surface area contributed by atoms with Crippen molar-refractivity contribution in [3.8, 4) is 0 Å². The Balaban J connectivity index is 1.91. The molecule has 150 valence electrons. The van der Waals surface area contributed by atoms with Gasteiger partial charge in [0.25, 0.3) is 0 Å². The van der Waals surface area contributed by atoms with Crippen molar-refractivity contribution in [2.24, 2.45) is 0 Å². The normalized spacial score (nSPS) is 16.5. The maximum absolute atomic E-state index is 13.1. The third kappa shape index (κ3) is 4.91. The Morgan fingerprint density at radius 3 is 2.39 bits per heavy atom. The Morgan fingerprint density at radius 2 is 1.75 bits per heavy atom. The van der Waals surface area contributed by atoms with Gasteiger partial charge >= 0.3 is 5.97 Å². The van der Waals surface area contributed by atoms with E-state index < -0.39 is 22.0 Å². The zero-order chi connectivity index (χ0) is 20.1. The highest BCUT2D eigenvalue weighted by atomic mass is 32.2. The Labute approximate surface area is 166 Å². The fourth-order valence-corrected chi connectivity index (χ4v) is 5.00. The zero-order valence-corrected chi connectivity index (χ0v) is 16.7. The highest BCUT2D eigenvalue weighted by Gasteiger charge is 2.25. The lowest BCUT2D eigenvalue weighted by Crippen LogP contribution is -2.29. The number of hydrogen-bond donors (Lipinski definition) is 3. The van der Waals surface area contributed by atoms with Gasteiger partial charge < -0.3 is 10.4 Å². The number of nitrogens with one attached hydrogen (secondary N) is 2. The quantitative estimate of drug-likeness (QED) is 0.646. The number of carboxylic acid groups (broad SMARTS) is 1. The summed E-state index contributed by atoms with van der Waals surface area (Å²) in [6, 6.07) is 13.2. The molecule has 1 atom stereocenters. The molecule has 0 aromatic heterocycles. The minimum absolute atomic E-state index is 0.0271. The number of benzene rings is 2. The van der Waals surface area contributed by atoms with Crippen molar-refractivity contribution in [2.75, 3.05) is 5.32 Å². The van der Waals surface area contributed by atoms with Crippen molar-refractivity contribution in [1.82, 2.24) is 4.72 Å². The van der Waals surface area contributed by atoms with E-state index in [1.807, 2.05) is 30.3 Å². The summed E-state index contributed by atoms with van der Waals surface area (Å²) in [7, 11) is -3.92. The Kier molecular flexibility index (Phi) is 6.36. The van der Waals surface area contributed by atoms with E-state index in [2.05, 4.69) is 10.0 Å². The van der Waals surface area contributed by atoms with Crippen LogP contribution in [0.15, 0.2) is 53.4 Å². The third-order valence-corrected chi connectivity index (χ3v) is 6.70. The number of rotatable bonds is 7. The number of sulfonamides is 1. The lowest BCUT2D eigenvalue weighted by atomic mass is 9.95. The number of carboxylic acids is 1. The van der Waals surface area contributed by atoms with E-state index in [0.29, 0.717) is 5.69 Å². The molecule has 0 heterocycles. The fraction of sp³-hybridized carbons (Fsp3) is 0.381. The number of hydrogen-bond acceptors (Lipinski definition) is 4. The van der Waals surface area contributed by atoms with Crippen LogP contribution in [0, 0.1) is 0 Å². The van der Waals surface area contributed by atoms with Crippen molar-refractivity contribution in [1.29, 1.82) is 0 Å². The molecule has 0 unspecified atom stereocenters. The van der Waals surface area contributed by atoms with Crippen molar-refractivity contribution < 1.29 is 18.3 Å². The number of carbonyl (C=O) groups is 1. The van der Waals surface area contributed by atoms with Crippen LogP contribution in [0.1, 0.15) is 61.0 Å². The predicted octanol–water partition coefficient (Wildman–Crippen LogP) is 4.17. The van der Waals surface area contributed by atoms with Gasteiger partial charge in [0.15, 0.2) is 0 Å². The van der Waals surface area contributed by atoms with E-state index in [1.54, 1.807) is 13.0 Å². The Hall–Kier alpha value is -2.38. The van der Waals surface area contributed by atoms with Crippen LogP contribution in [-0.2, 0) is 10.0 Å². The first kappa shape index (κ1) is 20.4. The fourth-order valence-electron chi connectivity index (χ4n) is 3.57. The first-order valence-corrected chi connectivity index (χ1v) is 11.1. The Bertz CT molecular complexity index is 923. The van der Waals surface area contributed by atoms with Crippen molar-refractivity contribution >= 4 is 21.7 Å². The highest BCUT2D eigenvalue weighted by molar-refractivity contribution is 7.89. The molecule has 0 saturated heterocycles. The smallest absolute Gasteiger partial charge is 0.335 e. The van der Waals surface area contributed by atoms with Crippen LogP contribution in [0.4, 0.5) is 5.69 Å². The van der Waals surface area contributed by atoms with Gasteiger partial charge in [0, 0.05) is 12.1 Å². The second-order valence-corrected chi connectivity index (χ2v) is 8.93. The van der Waals surface area contributed by atoms with Gasteiger partial charge in [-0.15, -0.1) is 0 Å². The molecule has 0 amide bonds. The predicted molar refractivity (Wildman–Crippen MR) is 109 cm³/mol. The van der Waals surface area contributed by atoms with Crippen molar-refractivity contribution in [2.45, 2.75) is 56.0 Å². The summed E-state index contributed by atoms with van der Waals surface area (Å²) >= 11 is 0. The van der Waals surface area contributed by atoms with Crippen LogP contribution < -0.4 is 10.0 Å². The van der Waals surface area contributed by atoms with Gasteiger partial charge in [0.1, 0.15) is 4.90 Å². The second-order valence-electron chi connectivity index (χ2n) is 7.25. The van der Waals surface area contributed by atoms with E-state index in [1.165, 1.54) is 18.6 Å². The summed E-state index contributed by atoms with van der Waals surface area (Å²) in [4.78, 5) is 11.4. The van der Waals surface area contributed by atoms with Crippen LogP contribution in [0.2, 0.25) is 0 Å². The van der Waals surface area contributed by atoms with Crippen LogP contribution in [0.25, 0.3) is 0 Å².